The number of rotatable bonds is 2. The zero-order valence-corrected chi connectivity index (χ0v) is 7.02. The Morgan fingerprint density at radius 2 is 1.56 bits per heavy atom. The van der Waals surface area contributed by atoms with Gasteiger partial charge in [-0.2, -0.15) is 0 Å². The molecule has 0 aromatic rings. The van der Waals surface area contributed by atoms with E-state index >= 15 is 0 Å². The molecule has 0 saturated heterocycles. The SMILES string of the molecule is CCCCO.CN(C)C. The molecule has 2 heteroatoms. The fourth-order valence-electron chi connectivity index (χ4n) is 0.158. The molecule has 0 aromatic carbocycles. The molecule has 0 bridgehead atoms. The smallest absolute Gasteiger partial charge is 0.0430 e. The highest BCUT2D eigenvalue weighted by Gasteiger charge is 1.69. The van der Waals surface area contributed by atoms with Gasteiger partial charge in [-0.1, -0.05) is 13.3 Å². The van der Waals surface area contributed by atoms with Crippen LogP contribution in [-0.2, 0) is 0 Å². The predicted molar refractivity (Wildman–Crippen MR) is 41.6 cm³/mol. The Labute approximate surface area is 58.5 Å². The lowest BCUT2D eigenvalue weighted by molar-refractivity contribution is 0.287. The van der Waals surface area contributed by atoms with Gasteiger partial charge in [-0.25, -0.2) is 0 Å². The average molecular weight is 133 g/mol. The summed E-state index contributed by atoms with van der Waals surface area (Å²) in [5.74, 6) is 0. The van der Waals surface area contributed by atoms with Gasteiger partial charge in [0.2, 0.25) is 0 Å². The van der Waals surface area contributed by atoms with Gasteiger partial charge in [-0.15, -0.1) is 0 Å². The molecule has 0 aliphatic carbocycles. The van der Waals surface area contributed by atoms with Gasteiger partial charge < -0.3 is 10.0 Å². The first kappa shape index (κ1) is 11.7. The third-order valence-electron chi connectivity index (χ3n) is 0.512. The number of unbranched alkanes of at least 4 members (excludes halogenated alkanes) is 1. The fraction of sp³-hybridized carbons (Fsp3) is 1.00. The lowest BCUT2D eigenvalue weighted by Gasteiger charge is -1.90. The van der Waals surface area contributed by atoms with Crippen molar-refractivity contribution >= 4 is 0 Å². The molecule has 9 heavy (non-hydrogen) atoms. The topological polar surface area (TPSA) is 23.5 Å². The molecule has 0 heterocycles. The molecule has 58 valence electrons. The first-order chi connectivity index (χ1) is 4.15. The number of hydrogen-bond donors (Lipinski definition) is 1. The van der Waals surface area contributed by atoms with E-state index in [0.29, 0.717) is 6.61 Å². The highest BCUT2D eigenvalue weighted by atomic mass is 16.2. The quantitative estimate of drug-likeness (QED) is 0.606. The molecule has 0 aliphatic rings. The monoisotopic (exact) mass is 133 g/mol. The van der Waals surface area contributed by atoms with E-state index in [2.05, 4.69) is 6.92 Å². The van der Waals surface area contributed by atoms with Crippen LogP contribution in [0, 0.1) is 0 Å². The Bertz CT molecular complexity index is 33.1. The zero-order valence-electron chi connectivity index (χ0n) is 7.02. The van der Waals surface area contributed by atoms with Gasteiger partial charge in [0, 0.05) is 6.61 Å². The Morgan fingerprint density at radius 1 is 1.22 bits per heavy atom. The van der Waals surface area contributed by atoms with Crippen LogP contribution in [0.5, 0.6) is 0 Å². The standard InChI is InChI=1S/C4H10O.C3H9N/c1-2-3-4-5;1-4(2)3/h5H,2-4H2,1H3;1-3H3. The summed E-state index contributed by atoms with van der Waals surface area (Å²) >= 11 is 0. The van der Waals surface area contributed by atoms with Crippen molar-refractivity contribution in [1.82, 2.24) is 4.90 Å². The third kappa shape index (κ3) is 75.3. The molecule has 0 amide bonds. The summed E-state index contributed by atoms with van der Waals surface area (Å²) in [7, 11) is 6.00. The van der Waals surface area contributed by atoms with Gasteiger partial charge in [-0.05, 0) is 27.6 Å². The molecule has 0 atom stereocenters. The van der Waals surface area contributed by atoms with Crippen molar-refractivity contribution in [3.05, 3.63) is 0 Å². The van der Waals surface area contributed by atoms with Crippen LogP contribution in [0.2, 0.25) is 0 Å². The van der Waals surface area contributed by atoms with Gasteiger partial charge in [0.15, 0.2) is 0 Å². The molecule has 2 nitrogen and oxygen atoms in total. The normalized spacial score (nSPS) is 8.67. The number of hydrogen-bond acceptors (Lipinski definition) is 2. The Morgan fingerprint density at radius 3 is 1.56 bits per heavy atom. The Hall–Kier alpha value is -0.0800. The number of aliphatic hydroxyl groups excluding tert-OH is 1. The highest BCUT2D eigenvalue weighted by Crippen LogP contribution is 1.78. The molecule has 0 spiro atoms. The summed E-state index contributed by atoms with van der Waals surface area (Å²) in [6.07, 6.45) is 2.04. The summed E-state index contributed by atoms with van der Waals surface area (Å²) in [4.78, 5) is 2.00. The van der Waals surface area contributed by atoms with Crippen LogP contribution >= 0.6 is 0 Å². The van der Waals surface area contributed by atoms with Crippen molar-refractivity contribution in [2.75, 3.05) is 27.7 Å². The van der Waals surface area contributed by atoms with Crippen LogP contribution in [-0.4, -0.2) is 37.8 Å². The summed E-state index contributed by atoms with van der Waals surface area (Å²) in [5, 5.41) is 8.07. The molecule has 0 unspecified atom stereocenters. The minimum Gasteiger partial charge on any atom is -0.396 e. The molecule has 0 radical (unpaired) electrons. The number of nitrogens with zero attached hydrogens (tertiary/aromatic N) is 1. The predicted octanol–water partition coefficient (Wildman–Crippen LogP) is 0.957. The van der Waals surface area contributed by atoms with E-state index in [0.717, 1.165) is 12.8 Å². The summed E-state index contributed by atoms with van der Waals surface area (Å²) in [5.41, 5.74) is 0. The summed E-state index contributed by atoms with van der Waals surface area (Å²) < 4.78 is 0. The van der Waals surface area contributed by atoms with Gasteiger partial charge >= 0.3 is 0 Å². The third-order valence-corrected chi connectivity index (χ3v) is 0.512. The second-order valence-corrected chi connectivity index (χ2v) is 2.42. The van der Waals surface area contributed by atoms with E-state index in [9.17, 15) is 0 Å². The van der Waals surface area contributed by atoms with Crippen LogP contribution < -0.4 is 0 Å². The first-order valence-corrected chi connectivity index (χ1v) is 3.36. The van der Waals surface area contributed by atoms with E-state index in [1.54, 1.807) is 0 Å². The lowest BCUT2D eigenvalue weighted by Crippen LogP contribution is -1.99. The number of aliphatic hydroxyl groups is 1. The van der Waals surface area contributed by atoms with Crippen LogP contribution in [0.3, 0.4) is 0 Å². The van der Waals surface area contributed by atoms with E-state index in [4.69, 9.17) is 5.11 Å². The van der Waals surface area contributed by atoms with Gasteiger partial charge in [0.05, 0.1) is 0 Å². The van der Waals surface area contributed by atoms with Crippen molar-refractivity contribution in [1.29, 1.82) is 0 Å². The summed E-state index contributed by atoms with van der Waals surface area (Å²) in [6.45, 7) is 2.40. The maximum atomic E-state index is 8.07. The van der Waals surface area contributed by atoms with Crippen molar-refractivity contribution in [2.45, 2.75) is 19.8 Å². The van der Waals surface area contributed by atoms with Gasteiger partial charge in [-0.3, -0.25) is 0 Å². The lowest BCUT2D eigenvalue weighted by atomic mass is 10.4. The van der Waals surface area contributed by atoms with Crippen molar-refractivity contribution in [3.63, 3.8) is 0 Å². The second kappa shape index (κ2) is 10.8. The van der Waals surface area contributed by atoms with Crippen LogP contribution in [0.1, 0.15) is 19.8 Å². The molecule has 0 saturated carbocycles. The van der Waals surface area contributed by atoms with Crippen molar-refractivity contribution < 1.29 is 5.11 Å². The first-order valence-electron chi connectivity index (χ1n) is 3.36. The van der Waals surface area contributed by atoms with Gasteiger partial charge in [0.25, 0.3) is 0 Å². The molecular formula is C7H19NO. The fourth-order valence-corrected chi connectivity index (χ4v) is 0.158. The zero-order chi connectivity index (χ0) is 7.70. The minimum atomic E-state index is 0.344. The second-order valence-electron chi connectivity index (χ2n) is 2.42. The van der Waals surface area contributed by atoms with Crippen molar-refractivity contribution in [3.8, 4) is 0 Å². The average Bonchev–Trinajstić information content (AvgIpc) is 1.66. The van der Waals surface area contributed by atoms with E-state index in [1.807, 2.05) is 26.0 Å². The molecule has 0 aliphatic heterocycles. The van der Waals surface area contributed by atoms with Crippen LogP contribution in [0.15, 0.2) is 0 Å². The largest absolute Gasteiger partial charge is 0.396 e. The maximum absolute atomic E-state index is 8.07. The maximum Gasteiger partial charge on any atom is 0.0430 e. The van der Waals surface area contributed by atoms with E-state index < -0.39 is 0 Å². The van der Waals surface area contributed by atoms with Crippen LogP contribution in [0.25, 0.3) is 0 Å². The van der Waals surface area contributed by atoms with Gasteiger partial charge in [0.1, 0.15) is 0 Å². The summed E-state index contributed by atoms with van der Waals surface area (Å²) in [6, 6.07) is 0. The van der Waals surface area contributed by atoms with E-state index in [-0.39, 0.29) is 0 Å². The molecule has 0 rings (SSSR count). The molecule has 0 aromatic heterocycles. The Balaban J connectivity index is 0. The molecular weight excluding hydrogens is 114 g/mol. The molecule has 1 N–H and O–H groups in total. The van der Waals surface area contributed by atoms with E-state index in [1.165, 1.54) is 0 Å². The highest BCUT2D eigenvalue weighted by molar-refractivity contribution is 4.23. The molecule has 0 fully saturated rings. The van der Waals surface area contributed by atoms with Crippen molar-refractivity contribution in [2.24, 2.45) is 0 Å². The Kier molecular flexibility index (Phi) is 14.0. The minimum absolute atomic E-state index is 0.344. The van der Waals surface area contributed by atoms with Crippen LogP contribution in [0.4, 0.5) is 0 Å².